The van der Waals surface area contributed by atoms with Gasteiger partial charge in [-0.1, -0.05) is 13.8 Å². The van der Waals surface area contributed by atoms with Gasteiger partial charge < -0.3 is 4.90 Å². The highest BCUT2D eigenvalue weighted by Gasteiger charge is 2.31. The topological polar surface area (TPSA) is 30.3 Å². The van der Waals surface area contributed by atoms with E-state index >= 15 is 0 Å². The molecule has 0 atom stereocenters. The van der Waals surface area contributed by atoms with Crippen molar-refractivity contribution < 1.29 is 0 Å². The summed E-state index contributed by atoms with van der Waals surface area (Å²) < 4.78 is 0. The van der Waals surface area contributed by atoms with Crippen molar-refractivity contribution in [1.29, 1.82) is 5.41 Å². The molecule has 0 aromatic heterocycles. The Balaban J connectivity index is 1.73. The first kappa shape index (κ1) is 10.9. The van der Waals surface area contributed by atoms with Gasteiger partial charge in [0.1, 0.15) is 0 Å². The van der Waals surface area contributed by atoms with Crippen LogP contribution in [0, 0.1) is 17.2 Å². The summed E-state index contributed by atoms with van der Waals surface area (Å²) in [5.74, 6) is 2.29. The van der Waals surface area contributed by atoms with E-state index in [0.29, 0.717) is 5.92 Å². The zero-order valence-corrected chi connectivity index (χ0v) is 10.00. The van der Waals surface area contributed by atoms with E-state index in [1.165, 1.54) is 19.4 Å². The van der Waals surface area contributed by atoms with Crippen LogP contribution < -0.4 is 0 Å². The number of amidine groups is 1. The van der Waals surface area contributed by atoms with Crippen molar-refractivity contribution in [3.05, 3.63) is 0 Å². The van der Waals surface area contributed by atoms with E-state index in [9.17, 15) is 0 Å². The Hall–Kier alpha value is -0.570. The van der Waals surface area contributed by atoms with Crippen molar-refractivity contribution in [2.24, 2.45) is 11.8 Å². The molecule has 1 saturated heterocycles. The minimum Gasteiger partial charge on any atom is -0.358 e. The summed E-state index contributed by atoms with van der Waals surface area (Å²) in [5, 5.41) is 8.02. The largest absolute Gasteiger partial charge is 0.358 e. The molecule has 0 aromatic carbocycles. The van der Waals surface area contributed by atoms with Gasteiger partial charge in [-0.25, -0.2) is 0 Å². The maximum absolute atomic E-state index is 8.02. The third-order valence-electron chi connectivity index (χ3n) is 3.30. The lowest BCUT2D eigenvalue weighted by Gasteiger charge is -2.36. The second-order valence-corrected chi connectivity index (χ2v) is 5.34. The second kappa shape index (κ2) is 4.52. The smallest absolute Gasteiger partial charge is 0.0990 e. The van der Waals surface area contributed by atoms with Gasteiger partial charge in [0.05, 0.1) is 5.84 Å². The predicted molar refractivity (Wildman–Crippen MR) is 63.3 cm³/mol. The zero-order chi connectivity index (χ0) is 10.8. The standard InChI is InChI=1S/C12H23N3/c1-10(2)9-14-5-7-15(8-6-14)12(13)11-3-4-11/h10-11,13H,3-9H2,1-2H3. The molecule has 3 nitrogen and oxygen atoms in total. The third-order valence-corrected chi connectivity index (χ3v) is 3.30. The summed E-state index contributed by atoms with van der Waals surface area (Å²) in [6.45, 7) is 10.2. The normalized spacial score (nSPS) is 23.5. The summed E-state index contributed by atoms with van der Waals surface area (Å²) >= 11 is 0. The number of nitrogens with zero attached hydrogens (tertiary/aromatic N) is 2. The molecule has 3 heteroatoms. The minimum atomic E-state index is 0.613. The maximum atomic E-state index is 8.02. The molecule has 86 valence electrons. The Morgan fingerprint density at radius 1 is 1.20 bits per heavy atom. The van der Waals surface area contributed by atoms with Crippen LogP contribution in [0.5, 0.6) is 0 Å². The van der Waals surface area contributed by atoms with Crippen molar-refractivity contribution in [3.63, 3.8) is 0 Å². The SMILES string of the molecule is CC(C)CN1CCN(C(=N)C2CC2)CC1. The molecule has 0 aromatic rings. The summed E-state index contributed by atoms with van der Waals surface area (Å²) in [4.78, 5) is 4.82. The van der Waals surface area contributed by atoms with Crippen molar-refractivity contribution >= 4 is 5.84 Å². The highest BCUT2D eigenvalue weighted by atomic mass is 15.3. The Morgan fingerprint density at radius 2 is 1.80 bits per heavy atom. The van der Waals surface area contributed by atoms with E-state index < -0.39 is 0 Å². The van der Waals surface area contributed by atoms with Gasteiger partial charge in [0.15, 0.2) is 0 Å². The van der Waals surface area contributed by atoms with Crippen molar-refractivity contribution in [2.45, 2.75) is 26.7 Å². The van der Waals surface area contributed by atoms with E-state index in [1.54, 1.807) is 0 Å². The molecule has 1 aliphatic carbocycles. The molecule has 2 aliphatic rings. The fraction of sp³-hybridized carbons (Fsp3) is 0.917. The Kier molecular flexibility index (Phi) is 3.29. The number of piperazine rings is 1. The average molecular weight is 209 g/mol. The first-order valence-electron chi connectivity index (χ1n) is 6.22. The summed E-state index contributed by atoms with van der Waals surface area (Å²) in [6.07, 6.45) is 2.51. The fourth-order valence-corrected chi connectivity index (χ4v) is 2.30. The number of rotatable bonds is 3. The second-order valence-electron chi connectivity index (χ2n) is 5.34. The van der Waals surface area contributed by atoms with E-state index in [2.05, 4.69) is 23.6 Å². The molecule has 0 spiro atoms. The molecule has 0 unspecified atom stereocenters. The molecule has 2 fully saturated rings. The average Bonchev–Trinajstić information content (AvgIpc) is 3.00. The lowest BCUT2D eigenvalue weighted by molar-refractivity contribution is 0.164. The quantitative estimate of drug-likeness (QED) is 0.566. The number of hydrogen-bond acceptors (Lipinski definition) is 2. The van der Waals surface area contributed by atoms with Crippen LogP contribution >= 0.6 is 0 Å². The summed E-state index contributed by atoms with van der Waals surface area (Å²) in [7, 11) is 0. The Labute approximate surface area is 92.9 Å². The molecule has 1 N–H and O–H groups in total. The van der Waals surface area contributed by atoms with Crippen LogP contribution in [0.3, 0.4) is 0 Å². The highest BCUT2D eigenvalue weighted by molar-refractivity contribution is 5.83. The van der Waals surface area contributed by atoms with E-state index in [-0.39, 0.29) is 0 Å². The van der Waals surface area contributed by atoms with Crippen LogP contribution in [-0.2, 0) is 0 Å². The van der Waals surface area contributed by atoms with Gasteiger partial charge in [-0.3, -0.25) is 10.3 Å². The van der Waals surface area contributed by atoms with Crippen LogP contribution in [-0.4, -0.2) is 48.4 Å². The molecule has 1 heterocycles. The third kappa shape index (κ3) is 2.94. The predicted octanol–water partition coefficient (Wildman–Crippen LogP) is 1.65. The minimum absolute atomic E-state index is 0.613. The van der Waals surface area contributed by atoms with Crippen molar-refractivity contribution in [1.82, 2.24) is 9.80 Å². The van der Waals surface area contributed by atoms with Gasteiger partial charge in [0.25, 0.3) is 0 Å². The van der Waals surface area contributed by atoms with Gasteiger partial charge in [0.2, 0.25) is 0 Å². The van der Waals surface area contributed by atoms with Crippen LogP contribution in [0.1, 0.15) is 26.7 Å². The van der Waals surface area contributed by atoms with Crippen LogP contribution in [0.4, 0.5) is 0 Å². The highest BCUT2D eigenvalue weighted by Crippen LogP contribution is 2.31. The fourth-order valence-electron chi connectivity index (χ4n) is 2.30. The molecule has 1 saturated carbocycles. The van der Waals surface area contributed by atoms with E-state index in [4.69, 9.17) is 5.41 Å². The molecule has 0 bridgehead atoms. The maximum Gasteiger partial charge on any atom is 0.0990 e. The molecule has 2 rings (SSSR count). The number of nitrogens with one attached hydrogen (secondary N) is 1. The summed E-state index contributed by atoms with van der Waals surface area (Å²) in [5.41, 5.74) is 0. The number of hydrogen-bond donors (Lipinski definition) is 1. The lowest BCUT2D eigenvalue weighted by Crippen LogP contribution is -2.49. The van der Waals surface area contributed by atoms with Crippen molar-refractivity contribution in [2.75, 3.05) is 32.7 Å². The van der Waals surface area contributed by atoms with Crippen LogP contribution in [0.15, 0.2) is 0 Å². The van der Waals surface area contributed by atoms with Gasteiger partial charge in [-0.05, 0) is 18.8 Å². The molecular formula is C12H23N3. The lowest BCUT2D eigenvalue weighted by atomic mass is 10.2. The first-order chi connectivity index (χ1) is 7.16. The molecular weight excluding hydrogens is 186 g/mol. The Morgan fingerprint density at radius 3 is 2.27 bits per heavy atom. The van der Waals surface area contributed by atoms with E-state index in [0.717, 1.165) is 37.9 Å². The van der Waals surface area contributed by atoms with Gasteiger partial charge >= 0.3 is 0 Å². The molecule has 15 heavy (non-hydrogen) atoms. The molecule has 0 amide bonds. The monoisotopic (exact) mass is 209 g/mol. The van der Waals surface area contributed by atoms with Gasteiger partial charge in [-0.15, -0.1) is 0 Å². The van der Waals surface area contributed by atoms with Gasteiger partial charge in [-0.2, -0.15) is 0 Å². The summed E-state index contributed by atoms with van der Waals surface area (Å²) in [6, 6.07) is 0. The van der Waals surface area contributed by atoms with Crippen molar-refractivity contribution in [3.8, 4) is 0 Å². The molecule has 0 radical (unpaired) electrons. The zero-order valence-electron chi connectivity index (χ0n) is 10.00. The Bertz CT molecular complexity index is 225. The first-order valence-corrected chi connectivity index (χ1v) is 6.22. The van der Waals surface area contributed by atoms with Crippen LogP contribution in [0.2, 0.25) is 0 Å². The van der Waals surface area contributed by atoms with E-state index in [1.807, 2.05) is 0 Å². The van der Waals surface area contributed by atoms with Crippen LogP contribution in [0.25, 0.3) is 0 Å². The van der Waals surface area contributed by atoms with Gasteiger partial charge in [0, 0.05) is 38.6 Å². The molecule has 1 aliphatic heterocycles.